The number of aromatic nitrogens is 1. The van der Waals surface area contributed by atoms with Crippen molar-refractivity contribution in [2.45, 2.75) is 18.9 Å². The van der Waals surface area contributed by atoms with Crippen molar-refractivity contribution < 1.29 is 9.59 Å². The lowest BCUT2D eigenvalue weighted by atomic mass is 9.96. The van der Waals surface area contributed by atoms with Gasteiger partial charge in [0, 0.05) is 58.9 Å². The maximum atomic E-state index is 13.0. The van der Waals surface area contributed by atoms with Crippen LogP contribution in [0.15, 0.2) is 72.9 Å². The number of fused-ring (bicyclic) bond motifs is 1. The van der Waals surface area contributed by atoms with E-state index in [4.69, 9.17) is 0 Å². The van der Waals surface area contributed by atoms with E-state index in [-0.39, 0.29) is 17.7 Å². The highest BCUT2D eigenvalue weighted by atomic mass is 16.2. The first kappa shape index (κ1) is 23.5. The number of Topliss-reactive ketones (excluding diaryl/α,β-unsaturated/α-hetero) is 1. The second kappa shape index (κ2) is 10.6. The molecule has 0 radical (unpaired) electrons. The van der Waals surface area contributed by atoms with Gasteiger partial charge in [0.2, 0.25) is 0 Å². The summed E-state index contributed by atoms with van der Waals surface area (Å²) in [5.41, 5.74) is 3.78. The molecule has 0 atom stereocenters. The van der Waals surface area contributed by atoms with Crippen LogP contribution in [-0.2, 0) is 7.05 Å². The molecule has 0 aliphatic carbocycles. The summed E-state index contributed by atoms with van der Waals surface area (Å²) in [5, 5.41) is 0. The number of carbonyl (C=O) groups is 2. The zero-order chi connectivity index (χ0) is 24.2. The van der Waals surface area contributed by atoms with E-state index in [1.54, 1.807) is 10.6 Å². The minimum atomic E-state index is -0.00941. The number of carbonyl (C=O) groups excluding carboxylic acids is 2. The van der Waals surface area contributed by atoms with E-state index in [1.165, 1.54) is 11.1 Å². The fraction of sp³-hybridized carbons (Fsp3) is 0.379. The van der Waals surface area contributed by atoms with Gasteiger partial charge in [0.15, 0.2) is 5.78 Å². The Morgan fingerprint density at radius 1 is 0.771 bits per heavy atom. The summed E-state index contributed by atoms with van der Waals surface area (Å²) in [6.07, 6.45) is 3.13. The van der Waals surface area contributed by atoms with Crippen molar-refractivity contribution in [3.63, 3.8) is 0 Å². The second-order valence-electron chi connectivity index (χ2n) is 9.61. The van der Waals surface area contributed by atoms with Gasteiger partial charge in [-0.05, 0) is 30.2 Å². The van der Waals surface area contributed by atoms with Gasteiger partial charge in [-0.15, -0.1) is 0 Å². The number of ketones is 1. The molecule has 1 aromatic heterocycles. The average Bonchev–Trinajstić information content (AvgIpc) is 3.24. The second-order valence-corrected chi connectivity index (χ2v) is 9.61. The molecule has 6 nitrogen and oxygen atoms in total. The molecule has 2 aliphatic rings. The molecule has 3 aromatic rings. The highest BCUT2D eigenvalue weighted by Gasteiger charge is 2.29. The molecule has 3 heterocycles. The summed E-state index contributed by atoms with van der Waals surface area (Å²) in [6.45, 7) is 6.23. The number of benzene rings is 2. The first-order valence-electron chi connectivity index (χ1n) is 12.7. The van der Waals surface area contributed by atoms with Gasteiger partial charge in [-0.3, -0.25) is 14.5 Å². The smallest absolute Gasteiger partial charge is 0.256 e. The van der Waals surface area contributed by atoms with E-state index in [0.29, 0.717) is 30.8 Å². The molecule has 2 aliphatic heterocycles. The molecule has 0 unspecified atom stereocenters. The Labute approximate surface area is 207 Å². The number of hydrogen-bond donors (Lipinski definition) is 0. The maximum Gasteiger partial charge on any atom is 0.256 e. The van der Waals surface area contributed by atoms with Crippen LogP contribution in [0.5, 0.6) is 0 Å². The van der Waals surface area contributed by atoms with Crippen molar-refractivity contribution in [1.82, 2.24) is 19.3 Å². The molecule has 35 heavy (non-hydrogen) atoms. The minimum absolute atomic E-state index is 0.00941. The standard InChI is InChI=1S/C29H34N4O2/c1-30-17-13-25-28(30)26(34)14-18-33(29(25)35)16-8-15-31-19-21-32(22-20-31)27(23-9-4-2-5-10-23)24-11-6-3-7-12-24/h2-7,9-13,17,27H,8,14-16,18-22H2,1H3. The summed E-state index contributed by atoms with van der Waals surface area (Å²) >= 11 is 0. The number of piperazine rings is 1. The maximum absolute atomic E-state index is 13.0. The van der Waals surface area contributed by atoms with Gasteiger partial charge < -0.3 is 14.4 Å². The van der Waals surface area contributed by atoms with Gasteiger partial charge >= 0.3 is 0 Å². The van der Waals surface area contributed by atoms with Crippen molar-refractivity contribution in [3.8, 4) is 0 Å². The lowest BCUT2D eigenvalue weighted by Crippen LogP contribution is -2.48. The summed E-state index contributed by atoms with van der Waals surface area (Å²) < 4.78 is 1.77. The zero-order valence-corrected chi connectivity index (χ0v) is 20.5. The van der Waals surface area contributed by atoms with E-state index < -0.39 is 0 Å². The molecule has 1 amide bonds. The predicted molar refractivity (Wildman–Crippen MR) is 138 cm³/mol. The van der Waals surface area contributed by atoms with Gasteiger partial charge in [0.25, 0.3) is 5.91 Å². The van der Waals surface area contributed by atoms with Crippen molar-refractivity contribution in [2.24, 2.45) is 7.05 Å². The Morgan fingerprint density at radius 3 is 2.03 bits per heavy atom. The SMILES string of the molecule is Cn1ccc2c1C(=O)CCN(CCCN1CCN(C(c3ccccc3)c3ccccc3)CC1)C2=O. The van der Waals surface area contributed by atoms with Gasteiger partial charge in [-0.25, -0.2) is 0 Å². The minimum Gasteiger partial charge on any atom is -0.348 e. The first-order valence-corrected chi connectivity index (χ1v) is 12.7. The molecule has 0 N–H and O–H groups in total. The molecule has 0 bridgehead atoms. The van der Waals surface area contributed by atoms with Crippen LogP contribution in [0, 0.1) is 0 Å². The topological polar surface area (TPSA) is 48.8 Å². The first-order chi connectivity index (χ1) is 17.1. The number of hydrogen-bond acceptors (Lipinski definition) is 4. The van der Waals surface area contributed by atoms with Crippen LogP contribution in [-0.4, -0.2) is 76.8 Å². The molecule has 0 saturated carbocycles. The van der Waals surface area contributed by atoms with Crippen molar-refractivity contribution in [3.05, 3.63) is 95.3 Å². The van der Waals surface area contributed by atoms with Crippen molar-refractivity contribution in [1.29, 1.82) is 0 Å². The van der Waals surface area contributed by atoms with Crippen molar-refractivity contribution >= 4 is 11.7 Å². The van der Waals surface area contributed by atoms with Gasteiger partial charge in [-0.2, -0.15) is 0 Å². The molecule has 1 saturated heterocycles. The van der Waals surface area contributed by atoms with Crippen LogP contribution in [0.3, 0.4) is 0 Å². The lowest BCUT2D eigenvalue weighted by molar-refractivity contribution is 0.0735. The third-order valence-corrected chi connectivity index (χ3v) is 7.37. The Balaban J connectivity index is 1.16. The van der Waals surface area contributed by atoms with Crippen LogP contribution < -0.4 is 0 Å². The van der Waals surface area contributed by atoms with Crippen molar-refractivity contribution in [2.75, 3.05) is 45.8 Å². The van der Waals surface area contributed by atoms with E-state index >= 15 is 0 Å². The summed E-state index contributed by atoms with van der Waals surface area (Å²) in [7, 11) is 1.83. The predicted octanol–water partition coefficient (Wildman–Crippen LogP) is 3.85. The number of nitrogens with zero attached hydrogens (tertiary/aromatic N) is 4. The lowest BCUT2D eigenvalue weighted by Gasteiger charge is -2.40. The molecular weight excluding hydrogens is 436 g/mol. The van der Waals surface area contributed by atoms with E-state index in [0.717, 1.165) is 39.1 Å². The third-order valence-electron chi connectivity index (χ3n) is 7.37. The zero-order valence-electron chi connectivity index (χ0n) is 20.5. The highest BCUT2D eigenvalue weighted by molar-refractivity contribution is 6.08. The molecule has 5 rings (SSSR count). The fourth-order valence-electron chi connectivity index (χ4n) is 5.50. The van der Waals surface area contributed by atoms with Gasteiger partial charge in [-0.1, -0.05) is 60.7 Å². The van der Waals surface area contributed by atoms with Gasteiger partial charge in [0.1, 0.15) is 0 Å². The number of rotatable bonds is 7. The highest BCUT2D eigenvalue weighted by Crippen LogP contribution is 2.29. The number of aryl methyl sites for hydroxylation is 1. The normalized spacial score (nSPS) is 17.6. The van der Waals surface area contributed by atoms with Gasteiger partial charge in [0.05, 0.1) is 17.3 Å². The Bertz CT molecular complexity index is 1110. The quantitative estimate of drug-likeness (QED) is 0.526. The fourth-order valence-corrected chi connectivity index (χ4v) is 5.50. The molecular formula is C29H34N4O2. The number of amides is 1. The summed E-state index contributed by atoms with van der Waals surface area (Å²) in [6, 6.07) is 23.6. The molecule has 1 fully saturated rings. The van der Waals surface area contributed by atoms with Crippen LogP contribution >= 0.6 is 0 Å². The Kier molecular flexibility index (Phi) is 7.11. The van der Waals surface area contributed by atoms with Crippen LogP contribution in [0.1, 0.15) is 50.9 Å². The molecule has 182 valence electrons. The molecule has 0 spiro atoms. The summed E-state index contributed by atoms with van der Waals surface area (Å²) in [5.74, 6) is 0.0516. The van der Waals surface area contributed by atoms with Crippen LogP contribution in [0.2, 0.25) is 0 Å². The van der Waals surface area contributed by atoms with Crippen LogP contribution in [0.25, 0.3) is 0 Å². The summed E-state index contributed by atoms with van der Waals surface area (Å²) in [4.78, 5) is 32.4. The molecule has 6 heteroatoms. The van der Waals surface area contributed by atoms with E-state index in [2.05, 4.69) is 70.5 Å². The Morgan fingerprint density at radius 2 is 1.40 bits per heavy atom. The Hall–Kier alpha value is -3.22. The average molecular weight is 471 g/mol. The van der Waals surface area contributed by atoms with E-state index in [1.807, 2.05) is 18.1 Å². The van der Waals surface area contributed by atoms with Crippen LogP contribution in [0.4, 0.5) is 0 Å². The van der Waals surface area contributed by atoms with E-state index in [9.17, 15) is 9.59 Å². The largest absolute Gasteiger partial charge is 0.348 e. The molecule has 2 aromatic carbocycles. The monoisotopic (exact) mass is 470 g/mol. The third kappa shape index (κ3) is 5.09.